The molecule has 1 N–H and O–H groups in total. The van der Waals surface area contributed by atoms with Crippen LogP contribution in [0.5, 0.6) is 0 Å². The van der Waals surface area contributed by atoms with Gasteiger partial charge < -0.3 is 5.11 Å². The molecule has 14 heavy (non-hydrogen) atoms. The Labute approximate surface area is 80.6 Å². The van der Waals surface area contributed by atoms with Gasteiger partial charge in [0.25, 0.3) is 0 Å². The van der Waals surface area contributed by atoms with Crippen molar-refractivity contribution in [2.24, 2.45) is 5.11 Å². The van der Waals surface area contributed by atoms with Gasteiger partial charge in [-0.2, -0.15) is 0 Å². The summed E-state index contributed by atoms with van der Waals surface area (Å²) in [4.78, 5) is 13.3. The molecule has 0 aliphatic carbocycles. The molecule has 0 unspecified atom stereocenters. The number of nitrogens with zero attached hydrogens (tertiary/aromatic N) is 3. The number of rotatable bonds is 3. The van der Waals surface area contributed by atoms with Gasteiger partial charge >= 0.3 is 5.97 Å². The van der Waals surface area contributed by atoms with Gasteiger partial charge in [0.05, 0.1) is 12.1 Å². The number of carboxylic acids is 1. The van der Waals surface area contributed by atoms with Crippen molar-refractivity contribution in [3.63, 3.8) is 0 Å². The lowest BCUT2D eigenvalue weighted by molar-refractivity contribution is 0.0696. The van der Waals surface area contributed by atoms with E-state index < -0.39 is 5.97 Å². The van der Waals surface area contributed by atoms with Crippen molar-refractivity contribution < 1.29 is 9.90 Å². The van der Waals surface area contributed by atoms with Gasteiger partial charge in [-0.3, -0.25) is 0 Å². The quantitative estimate of drug-likeness (QED) is 0.452. The lowest BCUT2D eigenvalue weighted by Crippen LogP contribution is -2.00. The molecule has 0 amide bonds. The fourth-order valence-corrected chi connectivity index (χ4v) is 1.11. The molecule has 1 rings (SSSR count). The van der Waals surface area contributed by atoms with Crippen LogP contribution in [0, 0.1) is 6.92 Å². The van der Waals surface area contributed by atoms with Gasteiger partial charge in [0.15, 0.2) is 0 Å². The molecule has 5 nitrogen and oxygen atoms in total. The first-order chi connectivity index (χ1) is 6.65. The molecule has 0 spiro atoms. The Kier molecular flexibility index (Phi) is 3.09. The maximum Gasteiger partial charge on any atom is 0.335 e. The Morgan fingerprint density at radius 2 is 2.36 bits per heavy atom. The molecule has 0 fully saturated rings. The van der Waals surface area contributed by atoms with Gasteiger partial charge in [0.2, 0.25) is 0 Å². The average Bonchev–Trinajstić information content (AvgIpc) is 2.16. The zero-order chi connectivity index (χ0) is 10.6. The second-order valence-corrected chi connectivity index (χ2v) is 2.84. The first-order valence-corrected chi connectivity index (χ1v) is 3.99. The number of carboxylic acid groups (broad SMARTS) is 1. The molecule has 0 saturated carbocycles. The second-order valence-electron chi connectivity index (χ2n) is 2.84. The fourth-order valence-electron chi connectivity index (χ4n) is 1.11. The van der Waals surface area contributed by atoms with Crippen LogP contribution >= 0.6 is 0 Å². The van der Waals surface area contributed by atoms with E-state index in [-0.39, 0.29) is 12.1 Å². The van der Waals surface area contributed by atoms with Crippen LogP contribution < -0.4 is 0 Å². The van der Waals surface area contributed by atoms with Crippen molar-refractivity contribution in [3.05, 3.63) is 45.3 Å². The molecule has 0 aliphatic rings. The molecule has 0 heterocycles. The smallest absolute Gasteiger partial charge is 0.335 e. The number of azide groups is 1. The summed E-state index contributed by atoms with van der Waals surface area (Å²) in [6, 6.07) is 4.97. The predicted octanol–water partition coefficient (Wildman–Crippen LogP) is 2.50. The highest BCUT2D eigenvalue weighted by Gasteiger charge is 2.06. The summed E-state index contributed by atoms with van der Waals surface area (Å²) in [5, 5.41) is 12.2. The highest BCUT2D eigenvalue weighted by Crippen LogP contribution is 2.12. The molecule has 0 atom stereocenters. The number of aromatic carboxylic acids is 1. The van der Waals surface area contributed by atoms with Gasteiger partial charge in [0, 0.05) is 4.91 Å². The predicted molar refractivity (Wildman–Crippen MR) is 51.0 cm³/mol. The van der Waals surface area contributed by atoms with E-state index in [0.29, 0.717) is 11.1 Å². The maximum atomic E-state index is 10.7. The van der Waals surface area contributed by atoms with Crippen LogP contribution in [0.1, 0.15) is 21.5 Å². The Bertz CT molecular complexity index is 409. The number of aryl methyl sites for hydroxylation is 1. The Morgan fingerprint density at radius 3 is 2.93 bits per heavy atom. The van der Waals surface area contributed by atoms with Gasteiger partial charge in [-0.25, -0.2) is 4.79 Å². The zero-order valence-electron chi connectivity index (χ0n) is 7.64. The van der Waals surface area contributed by atoms with Gasteiger partial charge in [-0.1, -0.05) is 17.2 Å². The van der Waals surface area contributed by atoms with Crippen LogP contribution in [-0.4, -0.2) is 11.1 Å². The summed E-state index contributed by atoms with van der Waals surface area (Å²) in [6.07, 6.45) is 0. The second kappa shape index (κ2) is 4.30. The number of benzene rings is 1. The first-order valence-electron chi connectivity index (χ1n) is 3.99. The molecule has 0 bridgehead atoms. The molecule has 72 valence electrons. The standard InChI is InChI=1S/C9H9N3O2/c1-6-2-3-7(5-11-12-10)4-8(6)9(13)14/h2-4H,5H2,1H3,(H,13,14). The third-order valence-corrected chi connectivity index (χ3v) is 1.85. The lowest BCUT2D eigenvalue weighted by atomic mass is 10.1. The van der Waals surface area contributed by atoms with Crippen LogP contribution in [-0.2, 0) is 6.54 Å². The molecule has 0 aromatic heterocycles. The maximum absolute atomic E-state index is 10.7. The summed E-state index contributed by atoms with van der Waals surface area (Å²) in [5.74, 6) is -0.967. The molecule has 1 aromatic carbocycles. The van der Waals surface area contributed by atoms with Gasteiger partial charge in [-0.05, 0) is 29.6 Å². The van der Waals surface area contributed by atoms with Crippen molar-refractivity contribution in [3.8, 4) is 0 Å². The third kappa shape index (κ3) is 2.24. The normalized spacial score (nSPS) is 9.21. The van der Waals surface area contributed by atoms with Crippen molar-refractivity contribution in [1.29, 1.82) is 0 Å². The van der Waals surface area contributed by atoms with Crippen LogP contribution in [0.4, 0.5) is 0 Å². The SMILES string of the molecule is Cc1ccc(CN=[N+]=[N-])cc1C(=O)O. The van der Waals surface area contributed by atoms with E-state index in [0.717, 1.165) is 0 Å². The number of hydrogen-bond donors (Lipinski definition) is 1. The van der Waals surface area contributed by atoms with Crippen molar-refractivity contribution in [2.45, 2.75) is 13.5 Å². The summed E-state index contributed by atoms with van der Waals surface area (Å²) >= 11 is 0. The third-order valence-electron chi connectivity index (χ3n) is 1.85. The summed E-state index contributed by atoms with van der Waals surface area (Å²) in [6.45, 7) is 1.90. The largest absolute Gasteiger partial charge is 0.478 e. The van der Waals surface area contributed by atoms with Crippen LogP contribution in [0.2, 0.25) is 0 Å². The van der Waals surface area contributed by atoms with Crippen molar-refractivity contribution >= 4 is 5.97 Å². The minimum absolute atomic E-state index is 0.178. The van der Waals surface area contributed by atoms with Gasteiger partial charge in [-0.15, -0.1) is 0 Å². The van der Waals surface area contributed by atoms with E-state index in [2.05, 4.69) is 10.0 Å². The van der Waals surface area contributed by atoms with Crippen molar-refractivity contribution in [2.75, 3.05) is 0 Å². The fraction of sp³-hybridized carbons (Fsp3) is 0.222. The summed E-state index contributed by atoms with van der Waals surface area (Å²) in [5.41, 5.74) is 9.74. The zero-order valence-corrected chi connectivity index (χ0v) is 7.64. The Balaban J connectivity index is 3.06. The topological polar surface area (TPSA) is 86.1 Å². The minimum Gasteiger partial charge on any atom is -0.478 e. The Hall–Kier alpha value is -2.00. The molecule has 5 heteroatoms. The summed E-state index contributed by atoms with van der Waals surface area (Å²) < 4.78 is 0. The molecule has 1 aromatic rings. The van der Waals surface area contributed by atoms with E-state index in [1.807, 2.05) is 0 Å². The average molecular weight is 191 g/mol. The van der Waals surface area contributed by atoms with E-state index in [1.54, 1.807) is 19.1 Å². The van der Waals surface area contributed by atoms with E-state index >= 15 is 0 Å². The molecule has 0 radical (unpaired) electrons. The number of hydrogen-bond acceptors (Lipinski definition) is 2. The first kappa shape index (κ1) is 10.1. The monoisotopic (exact) mass is 191 g/mol. The molecule has 0 saturated heterocycles. The highest BCUT2D eigenvalue weighted by atomic mass is 16.4. The number of carbonyl (C=O) groups is 1. The van der Waals surface area contributed by atoms with Crippen LogP contribution in [0.25, 0.3) is 10.4 Å². The highest BCUT2D eigenvalue weighted by molar-refractivity contribution is 5.89. The van der Waals surface area contributed by atoms with E-state index in [1.165, 1.54) is 6.07 Å². The summed E-state index contributed by atoms with van der Waals surface area (Å²) in [7, 11) is 0. The van der Waals surface area contributed by atoms with E-state index in [9.17, 15) is 4.79 Å². The molecular formula is C9H9N3O2. The minimum atomic E-state index is -0.967. The van der Waals surface area contributed by atoms with E-state index in [4.69, 9.17) is 10.6 Å². The Morgan fingerprint density at radius 1 is 1.64 bits per heavy atom. The van der Waals surface area contributed by atoms with Crippen LogP contribution in [0.15, 0.2) is 23.3 Å². The van der Waals surface area contributed by atoms with Crippen LogP contribution in [0.3, 0.4) is 0 Å². The lowest BCUT2D eigenvalue weighted by Gasteiger charge is -2.02. The van der Waals surface area contributed by atoms with Crippen molar-refractivity contribution in [1.82, 2.24) is 0 Å². The molecular weight excluding hydrogens is 182 g/mol. The van der Waals surface area contributed by atoms with Gasteiger partial charge in [0.1, 0.15) is 0 Å². The molecule has 0 aliphatic heterocycles.